The van der Waals surface area contributed by atoms with Gasteiger partial charge in [0.2, 0.25) is 0 Å². The molecule has 1 rings (SSSR count). The molecule has 1 aliphatic rings. The van der Waals surface area contributed by atoms with Gasteiger partial charge in [0.15, 0.2) is 0 Å². The summed E-state index contributed by atoms with van der Waals surface area (Å²) in [6.07, 6.45) is 0.733. The fourth-order valence-electron chi connectivity index (χ4n) is 2.19. The van der Waals surface area contributed by atoms with Gasteiger partial charge in [0.1, 0.15) is 5.60 Å². The molecule has 2 N–H and O–H groups in total. The standard InChI is InChI=1S/C12H24N2O2/c1-8-6-10(7-13)14(9(8)2)11(15)16-12(3,4)5/h8-10H,6-7,13H2,1-5H3/t8-,9?,10-/m0/s1. The minimum atomic E-state index is -0.443. The van der Waals surface area contributed by atoms with Gasteiger partial charge in [-0.3, -0.25) is 0 Å². The van der Waals surface area contributed by atoms with Crippen LogP contribution >= 0.6 is 0 Å². The minimum absolute atomic E-state index is 0.125. The van der Waals surface area contributed by atoms with Gasteiger partial charge in [-0.25, -0.2) is 4.79 Å². The fraction of sp³-hybridized carbons (Fsp3) is 0.917. The second-order valence-electron chi connectivity index (χ2n) is 5.73. The Morgan fingerprint density at radius 2 is 2.00 bits per heavy atom. The highest BCUT2D eigenvalue weighted by molar-refractivity contribution is 5.69. The van der Waals surface area contributed by atoms with Crippen molar-refractivity contribution < 1.29 is 9.53 Å². The summed E-state index contributed by atoms with van der Waals surface area (Å²) >= 11 is 0. The fourth-order valence-corrected chi connectivity index (χ4v) is 2.19. The van der Waals surface area contributed by atoms with Crippen molar-refractivity contribution in [2.75, 3.05) is 6.54 Å². The molecule has 4 nitrogen and oxygen atoms in total. The van der Waals surface area contributed by atoms with E-state index in [4.69, 9.17) is 10.5 Å². The van der Waals surface area contributed by atoms with Crippen LogP contribution in [-0.4, -0.2) is 35.2 Å². The number of hydrogen-bond acceptors (Lipinski definition) is 3. The van der Waals surface area contributed by atoms with Crippen molar-refractivity contribution >= 4 is 6.09 Å². The van der Waals surface area contributed by atoms with Crippen LogP contribution in [0.15, 0.2) is 0 Å². The lowest BCUT2D eigenvalue weighted by molar-refractivity contribution is 0.0155. The first kappa shape index (κ1) is 13.3. The van der Waals surface area contributed by atoms with Crippen LogP contribution in [-0.2, 0) is 4.74 Å². The van der Waals surface area contributed by atoms with Gasteiger partial charge in [0.05, 0.1) is 0 Å². The molecule has 3 atom stereocenters. The maximum atomic E-state index is 12.0. The summed E-state index contributed by atoms with van der Waals surface area (Å²) in [5.41, 5.74) is 5.26. The van der Waals surface area contributed by atoms with Crippen molar-refractivity contribution in [3.63, 3.8) is 0 Å². The Bertz CT molecular complexity index is 260. The molecule has 0 aromatic rings. The third kappa shape index (κ3) is 2.88. The summed E-state index contributed by atoms with van der Waals surface area (Å²) < 4.78 is 5.40. The van der Waals surface area contributed by atoms with E-state index in [9.17, 15) is 4.79 Å². The van der Waals surface area contributed by atoms with Crippen molar-refractivity contribution in [3.05, 3.63) is 0 Å². The predicted molar refractivity (Wildman–Crippen MR) is 64.2 cm³/mol. The molecule has 0 radical (unpaired) electrons. The van der Waals surface area contributed by atoms with Gasteiger partial charge in [-0.05, 0) is 40.0 Å². The number of nitrogens with zero attached hydrogens (tertiary/aromatic N) is 1. The van der Waals surface area contributed by atoms with Crippen LogP contribution in [0.25, 0.3) is 0 Å². The molecule has 1 aliphatic heterocycles. The van der Waals surface area contributed by atoms with Crippen LogP contribution in [0.5, 0.6) is 0 Å². The number of hydrogen-bond donors (Lipinski definition) is 1. The average molecular weight is 228 g/mol. The zero-order chi connectivity index (χ0) is 12.5. The predicted octanol–water partition coefficient (Wildman–Crippen LogP) is 1.98. The van der Waals surface area contributed by atoms with E-state index >= 15 is 0 Å². The topological polar surface area (TPSA) is 55.6 Å². The summed E-state index contributed by atoms with van der Waals surface area (Å²) in [6, 6.07) is 0.336. The summed E-state index contributed by atoms with van der Waals surface area (Å²) in [6.45, 7) is 10.4. The molecule has 0 bridgehead atoms. The van der Waals surface area contributed by atoms with E-state index in [-0.39, 0.29) is 18.2 Å². The summed E-state index contributed by atoms with van der Waals surface area (Å²) in [5.74, 6) is 0.487. The number of rotatable bonds is 1. The lowest BCUT2D eigenvalue weighted by atomic mass is 10.0. The lowest BCUT2D eigenvalue weighted by Gasteiger charge is -2.31. The Hall–Kier alpha value is -0.770. The number of ether oxygens (including phenoxy) is 1. The maximum absolute atomic E-state index is 12.0. The molecule has 1 heterocycles. The molecular formula is C12H24N2O2. The largest absolute Gasteiger partial charge is 0.444 e. The number of carbonyl (C=O) groups is 1. The quantitative estimate of drug-likeness (QED) is 0.746. The molecule has 0 aromatic heterocycles. The summed E-state index contributed by atoms with van der Waals surface area (Å²) in [4.78, 5) is 13.8. The third-order valence-corrected chi connectivity index (χ3v) is 3.18. The molecule has 4 heteroatoms. The monoisotopic (exact) mass is 228 g/mol. The second kappa shape index (κ2) is 4.62. The Morgan fingerprint density at radius 1 is 1.44 bits per heavy atom. The first-order valence-electron chi connectivity index (χ1n) is 5.97. The first-order chi connectivity index (χ1) is 7.26. The van der Waals surface area contributed by atoms with Crippen molar-refractivity contribution in [1.82, 2.24) is 4.90 Å². The van der Waals surface area contributed by atoms with Gasteiger partial charge < -0.3 is 15.4 Å². The van der Waals surface area contributed by atoms with E-state index in [2.05, 4.69) is 13.8 Å². The smallest absolute Gasteiger partial charge is 0.410 e. The SMILES string of the molecule is CC1[C@@H](C)C[C@@H](CN)N1C(=O)OC(C)(C)C. The van der Waals surface area contributed by atoms with Crippen LogP contribution < -0.4 is 5.73 Å². The van der Waals surface area contributed by atoms with E-state index in [0.717, 1.165) is 6.42 Å². The highest BCUT2D eigenvalue weighted by atomic mass is 16.6. The first-order valence-corrected chi connectivity index (χ1v) is 5.97. The van der Waals surface area contributed by atoms with Crippen LogP contribution in [0.3, 0.4) is 0 Å². The van der Waals surface area contributed by atoms with Gasteiger partial charge in [0.25, 0.3) is 0 Å². The Balaban J connectivity index is 2.73. The average Bonchev–Trinajstić information content (AvgIpc) is 2.40. The van der Waals surface area contributed by atoms with E-state index in [0.29, 0.717) is 12.5 Å². The van der Waals surface area contributed by atoms with Crippen molar-refractivity contribution in [3.8, 4) is 0 Å². The van der Waals surface area contributed by atoms with Crippen LogP contribution in [0.2, 0.25) is 0 Å². The Labute approximate surface area is 98.1 Å². The number of likely N-dealkylation sites (tertiary alicyclic amines) is 1. The molecule has 1 amide bonds. The maximum Gasteiger partial charge on any atom is 0.410 e. The van der Waals surface area contributed by atoms with E-state index in [1.54, 1.807) is 4.90 Å². The van der Waals surface area contributed by atoms with Gasteiger partial charge in [-0.15, -0.1) is 0 Å². The molecule has 16 heavy (non-hydrogen) atoms. The third-order valence-electron chi connectivity index (χ3n) is 3.18. The summed E-state index contributed by atoms with van der Waals surface area (Å²) in [5, 5.41) is 0. The molecule has 94 valence electrons. The van der Waals surface area contributed by atoms with Crippen LogP contribution in [0, 0.1) is 5.92 Å². The highest BCUT2D eigenvalue weighted by Gasteiger charge is 2.40. The van der Waals surface area contributed by atoms with Crippen molar-refractivity contribution in [2.45, 2.75) is 58.7 Å². The van der Waals surface area contributed by atoms with Gasteiger partial charge in [-0.2, -0.15) is 0 Å². The number of nitrogens with two attached hydrogens (primary N) is 1. The van der Waals surface area contributed by atoms with Crippen molar-refractivity contribution in [1.29, 1.82) is 0 Å². The van der Waals surface area contributed by atoms with Crippen LogP contribution in [0.4, 0.5) is 4.79 Å². The normalized spacial score (nSPS) is 30.6. The number of carbonyl (C=O) groups excluding carboxylic acids is 1. The summed E-state index contributed by atoms with van der Waals surface area (Å²) in [7, 11) is 0. The van der Waals surface area contributed by atoms with E-state index in [1.807, 2.05) is 20.8 Å². The molecule has 1 saturated heterocycles. The molecule has 1 unspecified atom stereocenters. The van der Waals surface area contributed by atoms with Crippen LogP contribution in [0.1, 0.15) is 41.0 Å². The van der Waals surface area contributed by atoms with E-state index in [1.165, 1.54) is 0 Å². The van der Waals surface area contributed by atoms with Gasteiger partial charge in [-0.1, -0.05) is 6.92 Å². The lowest BCUT2D eigenvalue weighted by Crippen LogP contribution is -2.46. The van der Waals surface area contributed by atoms with E-state index < -0.39 is 5.60 Å². The number of amides is 1. The molecule has 0 saturated carbocycles. The zero-order valence-electron chi connectivity index (χ0n) is 11.0. The molecular weight excluding hydrogens is 204 g/mol. The Morgan fingerprint density at radius 3 is 2.44 bits per heavy atom. The van der Waals surface area contributed by atoms with Crippen molar-refractivity contribution in [2.24, 2.45) is 11.7 Å². The molecule has 1 fully saturated rings. The molecule has 0 aliphatic carbocycles. The van der Waals surface area contributed by atoms with Gasteiger partial charge >= 0.3 is 6.09 Å². The zero-order valence-corrected chi connectivity index (χ0v) is 11.0. The molecule has 0 aromatic carbocycles. The van der Waals surface area contributed by atoms with Gasteiger partial charge in [0, 0.05) is 18.6 Å². The second-order valence-corrected chi connectivity index (χ2v) is 5.73. The Kier molecular flexibility index (Phi) is 3.84. The minimum Gasteiger partial charge on any atom is -0.444 e. The highest BCUT2D eigenvalue weighted by Crippen LogP contribution is 2.30. The molecule has 0 spiro atoms.